The van der Waals surface area contributed by atoms with Gasteiger partial charge in [-0.1, -0.05) is 11.8 Å². The summed E-state index contributed by atoms with van der Waals surface area (Å²) in [5, 5.41) is 10.7. The maximum absolute atomic E-state index is 12.1. The van der Waals surface area contributed by atoms with Crippen LogP contribution in [0.1, 0.15) is 20.3 Å². The molecule has 27 heavy (non-hydrogen) atoms. The van der Waals surface area contributed by atoms with Crippen molar-refractivity contribution in [1.29, 1.82) is 0 Å². The van der Waals surface area contributed by atoms with Crippen molar-refractivity contribution < 1.29 is 19.1 Å². The summed E-state index contributed by atoms with van der Waals surface area (Å²) in [6.45, 7) is 5.55. The summed E-state index contributed by atoms with van der Waals surface area (Å²) in [5.74, 6) is 0.234. The van der Waals surface area contributed by atoms with Crippen LogP contribution in [0.25, 0.3) is 11.4 Å². The molecule has 0 aromatic carbocycles. The molecular formula is C17H23N5O4S. The summed E-state index contributed by atoms with van der Waals surface area (Å²) < 4.78 is 11.8. The quantitative estimate of drug-likeness (QED) is 0.510. The van der Waals surface area contributed by atoms with Crippen LogP contribution in [0, 0.1) is 0 Å². The van der Waals surface area contributed by atoms with E-state index in [-0.39, 0.29) is 0 Å². The van der Waals surface area contributed by atoms with E-state index < -0.39 is 17.3 Å². The second-order valence-electron chi connectivity index (χ2n) is 5.49. The highest BCUT2D eigenvalue weighted by Gasteiger charge is 2.22. The minimum Gasteiger partial charge on any atom is -0.453 e. The fraction of sp³-hybridized carbons (Fsp3) is 0.471. The first kappa shape index (κ1) is 20.8. The van der Waals surface area contributed by atoms with Crippen molar-refractivity contribution in [1.82, 2.24) is 25.1 Å². The molecule has 0 radical (unpaired) electrons. The number of pyridine rings is 1. The second-order valence-corrected chi connectivity index (χ2v) is 6.79. The van der Waals surface area contributed by atoms with Gasteiger partial charge in [0.25, 0.3) is 0 Å². The number of rotatable bonds is 9. The molecule has 0 aliphatic heterocycles. The van der Waals surface area contributed by atoms with Gasteiger partial charge >= 0.3 is 6.09 Å². The molecule has 2 aromatic rings. The van der Waals surface area contributed by atoms with Crippen LogP contribution in [-0.4, -0.2) is 57.3 Å². The zero-order valence-corrected chi connectivity index (χ0v) is 16.4. The number of hydrogen-bond acceptors (Lipinski definition) is 8. The molecule has 1 N–H and O–H groups in total. The van der Waals surface area contributed by atoms with Crippen molar-refractivity contribution in [3.8, 4) is 11.4 Å². The Kier molecular flexibility index (Phi) is 8.21. The van der Waals surface area contributed by atoms with Crippen molar-refractivity contribution >= 4 is 23.8 Å². The number of methoxy groups -OCH3 is 1. The normalized spacial score (nSPS) is 11.8. The number of nitrogens with zero attached hydrogens (tertiary/aromatic N) is 4. The largest absolute Gasteiger partial charge is 0.453 e. The number of aromatic nitrogens is 4. The van der Waals surface area contributed by atoms with E-state index in [2.05, 4.69) is 25.2 Å². The number of amides is 2. The van der Waals surface area contributed by atoms with Gasteiger partial charge in [-0.05, 0) is 32.4 Å². The fourth-order valence-corrected chi connectivity index (χ4v) is 3.10. The Morgan fingerprint density at radius 1 is 1.30 bits per heavy atom. The number of thioether (sulfide) groups is 1. The Labute approximate surface area is 161 Å². The van der Waals surface area contributed by atoms with Crippen LogP contribution in [-0.2, 0) is 20.8 Å². The SMILES string of the molecule is CCOCCCn1c(S[C@H](C)C(=O)NC(=O)OC)nnc1-c1ccncc1. The van der Waals surface area contributed by atoms with E-state index in [1.807, 2.05) is 23.6 Å². The molecule has 0 saturated carbocycles. The fourth-order valence-electron chi connectivity index (χ4n) is 2.23. The molecule has 9 nitrogen and oxygen atoms in total. The molecule has 0 bridgehead atoms. The average Bonchev–Trinajstić information content (AvgIpc) is 3.08. The number of imide groups is 1. The highest BCUT2D eigenvalue weighted by molar-refractivity contribution is 8.00. The lowest BCUT2D eigenvalue weighted by atomic mass is 10.2. The number of carbonyl (C=O) groups is 2. The molecule has 0 unspecified atom stereocenters. The van der Waals surface area contributed by atoms with Gasteiger partial charge in [0.15, 0.2) is 11.0 Å². The van der Waals surface area contributed by atoms with Crippen molar-refractivity contribution in [2.24, 2.45) is 0 Å². The Morgan fingerprint density at radius 3 is 2.70 bits per heavy atom. The molecule has 0 fully saturated rings. The molecule has 2 aromatic heterocycles. The standard InChI is InChI=1S/C17H23N5O4S/c1-4-26-11-5-10-22-14(13-6-8-18-9-7-13)20-21-16(22)27-12(2)15(23)19-17(24)25-3/h6-9,12H,4-5,10-11H2,1-3H3,(H,19,23,24)/t12-/m1/s1. The Hall–Kier alpha value is -2.46. The van der Waals surface area contributed by atoms with Crippen molar-refractivity contribution in [3.05, 3.63) is 24.5 Å². The van der Waals surface area contributed by atoms with E-state index in [4.69, 9.17) is 4.74 Å². The highest BCUT2D eigenvalue weighted by atomic mass is 32.2. The lowest BCUT2D eigenvalue weighted by Crippen LogP contribution is -2.36. The zero-order chi connectivity index (χ0) is 19.6. The second kappa shape index (κ2) is 10.6. The first-order chi connectivity index (χ1) is 13.1. The van der Waals surface area contributed by atoms with Gasteiger partial charge in [-0.15, -0.1) is 10.2 Å². The van der Waals surface area contributed by atoms with Gasteiger partial charge in [0.1, 0.15) is 0 Å². The lowest BCUT2D eigenvalue weighted by Gasteiger charge is -2.13. The zero-order valence-electron chi connectivity index (χ0n) is 15.5. The molecule has 146 valence electrons. The monoisotopic (exact) mass is 393 g/mol. The molecule has 2 rings (SSSR count). The summed E-state index contributed by atoms with van der Waals surface area (Å²) in [6.07, 6.45) is 3.37. The molecule has 2 heterocycles. The number of carbonyl (C=O) groups excluding carboxylic acids is 2. The maximum Gasteiger partial charge on any atom is 0.413 e. The van der Waals surface area contributed by atoms with E-state index in [1.165, 1.54) is 18.9 Å². The third-order valence-electron chi connectivity index (χ3n) is 3.59. The predicted molar refractivity (Wildman–Crippen MR) is 100 cm³/mol. The molecule has 0 saturated heterocycles. The van der Waals surface area contributed by atoms with Gasteiger partial charge in [0.2, 0.25) is 5.91 Å². The van der Waals surface area contributed by atoms with Gasteiger partial charge in [0.05, 0.1) is 12.4 Å². The average molecular weight is 393 g/mol. The lowest BCUT2D eigenvalue weighted by molar-refractivity contribution is -0.119. The Bertz CT molecular complexity index is 753. The van der Waals surface area contributed by atoms with Crippen molar-refractivity contribution in [2.75, 3.05) is 20.3 Å². The van der Waals surface area contributed by atoms with Gasteiger partial charge in [-0.3, -0.25) is 15.1 Å². The van der Waals surface area contributed by atoms with Crippen LogP contribution in [0.15, 0.2) is 29.7 Å². The summed E-state index contributed by atoms with van der Waals surface area (Å²) >= 11 is 1.22. The minimum absolute atomic E-state index is 0.457. The highest BCUT2D eigenvalue weighted by Crippen LogP contribution is 2.27. The van der Waals surface area contributed by atoms with Crippen LogP contribution in [0.5, 0.6) is 0 Å². The number of ether oxygens (including phenoxy) is 2. The summed E-state index contributed by atoms with van der Waals surface area (Å²) in [6, 6.07) is 3.70. The van der Waals surface area contributed by atoms with Gasteiger partial charge in [-0.2, -0.15) is 0 Å². The van der Waals surface area contributed by atoms with Crippen molar-refractivity contribution in [2.45, 2.75) is 37.2 Å². The number of nitrogens with one attached hydrogen (secondary N) is 1. The van der Waals surface area contributed by atoms with E-state index in [1.54, 1.807) is 19.3 Å². The minimum atomic E-state index is -0.789. The topological polar surface area (TPSA) is 108 Å². The third kappa shape index (κ3) is 6.04. The molecule has 2 amide bonds. The molecule has 1 atom stereocenters. The van der Waals surface area contributed by atoms with Gasteiger partial charge < -0.3 is 14.0 Å². The third-order valence-corrected chi connectivity index (χ3v) is 4.67. The van der Waals surface area contributed by atoms with E-state index in [9.17, 15) is 9.59 Å². The van der Waals surface area contributed by atoms with E-state index in [0.29, 0.717) is 30.7 Å². The molecule has 10 heteroatoms. The molecular weight excluding hydrogens is 370 g/mol. The summed E-state index contributed by atoms with van der Waals surface area (Å²) in [5.41, 5.74) is 0.882. The smallest absolute Gasteiger partial charge is 0.413 e. The van der Waals surface area contributed by atoms with Crippen LogP contribution in [0.4, 0.5) is 4.79 Å². The number of alkyl carbamates (subject to hydrolysis) is 1. The van der Waals surface area contributed by atoms with Crippen molar-refractivity contribution in [3.63, 3.8) is 0 Å². The summed E-state index contributed by atoms with van der Waals surface area (Å²) in [7, 11) is 1.20. The van der Waals surface area contributed by atoms with Crippen LogP contribution in [0.3, 0.4) is 0 Å². The van der Waals surface area contributed by atoms with E-state index in [0.717, 1.165) is 12.0 Å². The van der Waals surface area contributed by atoms with Gasteiger partial charge in [0, 0.05) is 37.7 Å². The molecule has 0 spiro atoms. The van der Waals surface area contributed by atoms with Crippen LogP contribution >= 0.6 is 11.8 Å². The van der Waals surface area contributed by atoms with Crippen LogP contribution < -0.4 is 5.32 Å². The molecule has 0 aliphatic rings. The van der Waals surface area contributed by atoms with Crippen LogP contribution in [0.2, 0.25) is 0 Å². The first-order valence-corrected chi connectivity index (χ1v) is 9.41. The Morgan fingerprint density at radius 2 is 2.04 bits per heavy atom. The van der Waals surface area contributed by atoms with E-state index >= 15 is 0 Å². The number of hydrogen-bond donors (Lipinski definition) is 1. The maximum atomic E-state index is 12.1. The molecule has 0 aliphatic carbocycles. The predicted octanol–water partition coefficient (Wildman–Crippen LogP) is 2.13. The Balaban J connectivity index is 2.18. The summed E-state index contributed by atoms with van der Waals surface area (Å²) in [4.78, 5) is 27.3. The van der Waals surface area contributed by atoms with Gasteiger partial charge in [-0.25, -0.2) is 4.79 Å². The first-order valence-electron chi connectivity index (χ1n) is 8.53.